The van der Waals surface area contributed by atoms with Crippen molar-refractivity contribution in [1.82, 2.24) is 15.1 Å². The van der Waals surface area contributed by atoms with Crippen molar-refractivity contribution in [3.8, 4) is 0 Å². The Kier molecular flexibility index (Phi) is 5.99. The van der Waals surface area contributed by atoms with E-state index in [-0.39, 0.29) is 24.4 Å². The Bertz CT molecular complexity index is 968. The summed E-state index contributed by atoms with van der Waals surface area (Å²) in [6.07, 6.45) is -3.01. The van der Waals surface area contributed by atoms with Gasteiger partial charge in [-0.05, 0) is 43.1 Å². The number of carbonyl (C=O) groups is 2. The second-order valence-electron chi connectivity index (χ2n) is 8.61. The average molecular weight is 445 g/mol. The Morgan fingerprint density at radius 1 is 1.06 bits per heavy atom. The van der Waals surface area contributed by atoms with Crippen LogP contribution in [0.5, 0.6) is 0 Å². The number of nitrogens with zero attached hydrogens (tertiary/aromatic N) is 2. The van der Waals surface area contributed by atoms with Gasteiger partial charge in [0.05, 0.1) is 18.0 Å². The van der Waals surface area contributed by atoms with Gasteiger partial charge in [0.15, 0.2) is 0 Å². The molecule has 0 spiro atoms. The number of carbonyl (C=O) groups excluding carboxylic acids is 2. The van der Waals surface area contributed by atoms with Crippen molar-refractivity contribution >= 4 is 11.8 Å². The number of alkyl halides is 3. The fourth-order valence-electron chi connectivity index (χ4n) is 4.62. The van der Waals surface area contributed by atoms with Crippen molar-refractivity contribution in [2.24, 2.45) is 0 Å². The fourth-order valence-corrected chi connectivity index (χ4v) is 4.62. The highest BCUT2D eigenvalue weighted by Crippen LogP contribution is 2.44. The number of nitrogens with one attached hydrogen (secondary N) is 1. The van der Waals surface area contributed by atoms with Crippen molar-refractivity contribution in [3.63, 3.8) is 0 Å². The minimum atomic E-state index is -4.40. The summed E-state index contributed by atoms with van der Waals surface area (Å²) < 4.78 is 38.4. The van der Waals surface area contributed by atoms with Crippen LogP contribution >= 0.6 is 0 Å². The third-order valence-electron chi connectivity index (χ3n) is 6.57. The monoisotopic (exact) mass is 445 g/mol. The zero-order valence-corrected chi connectivity index (χ0v) is 17.9. The zero-order chi connectivity index (χ0) is 22.9. The molecule has 0 aliphatic carbocycles. The minimum absolute atomic E-state index is 0.0481. The van der Waals surface area contributed by atoms with Gasteiger partial charge in [-0.15, -0.1) is 0 Å². The summed E-state index contributed by atoms with van der Waals surface area (Å²) >= 11 is 0. The quantitative estimate of drug-likeness (QED) is 0.713. The lowest BCUT2D eigenvalue weighted by molar-refractivity contribution is -0.169. The first-order valence-corrected chi connectivity index (χ1v) is 10.7. The summed E-state index contributed by atoms with van der Waals surface area (Å²) in [6, 6.07) is 14.3. The van der Waals surface area contributed by atoms with E-state index in [1.165, 1.54) is 12.1 Å². The number of likely N-dealkylation sites (tertiary alicyclic amines) is 2. The van der Waals surface area contributed by atoms with Gasteiger partial charge in [-0.25, -0.2) is 0 Å². The average Bonchev–Trinajstić information content (AvgIpc) is 2.77. The predicted octanol–water partition coefficient (Wildman–Crippen LogP) is 3.76. The van der Waals surface area contributed by atoms with Crippen LogP contribution in [0.2, 0.25) is 0 Å². The van der Waals surface area contributed by atoms with E-state index in [1.807, 2.05) is 37.4 Å². The normalized spacial score (nSPS) is 21.2. The molecule has 2 fully saturated rings. The molecule has 0 bridgehead atoms. The lowest BCUT2D eigenvalue weighted by Crippen LogP contribution is -2.68. The van der Waals surface area contributed by atoms with Gasteiger partial charge in [0, 0.05) is 19.6 Å². The van der Waals surface area contributed by atoms with Crippen LogP contribution in [0.4, 0.5) is 13.2 Å². The highest BCUT2D eigenvalue weighted by molar-refractivity contribution is 5.95. The van der Waals surface area contributed by atoms with E-state index in [4.69, 9.17) is 0 Å². The van der Waals surface area contributed by atoms with Crippen LogP contribution in [0.1, 0.15) is 42.0 Å². The van der Waals surface area contributed by atoms with Gasteiger partial charge < -0.3 is 15.1 Å². The molecule has 1 N–H and O–H groups in total. The number of halogens is 3. The fraction of sp³-hybridized carbons (Fsp3) is 0.417. The van der Waals surface area contributed by atoms with Gasteiger partial charge in [-0.2, -0.15) is 13.2 Å². The summed E-state index contributed by atoms with van der Waals surface area (Å²) in [5.74, 6) is -0.299. The zero-order valence-electron chi connectivity index (χ0n) is 17.9. The Balaban J connectivity index is 1.53. The van der Waals surface area contributed by atoms with E-state index in [1.54, 1.807) is 4.90 Å². The third kappa shape index (κ3) is 4.24. The van der Waals surface area contributed by atoms with E-state index in [0.29, 0.717) is 37.9 Å². The molecule has 32 heavy (non-hydrogen) atoms. The van der Waals surface area contributed by atoms with Crippen LogP contribution in [0, 0.1) is 0 Å². The van der Waals surface area contributed by atoms with Crippen LogP contribution < -0.4 is 5.32 Å². The molecular weight excluding hydrogens is 419 g/mol. The number of piperidine rings is 1. The van der Waals surface area contributed by atoms with Crippen LogP contribution in [0.3, 0.4) is 0 Å². The van der Waals surface area contributed by atoms with Crippen molar-refractivity contribution < 1.29 is 22.8 Å². The first-order chi connectivity index (χ1) is 15.2. The standard InChI is InChI=1S/C24H26F3N3O2/c1-29-13-11-23(12-14-29,30-20(15-21(30)31)18-5-3-2-4-6-18)22(32)28-16-17-7-9-19(10-8-17)24(25,26)27/h2-10,20H,11-16H2,1H3,(H,28,32). The van der Waals surface area contributed by atoms with Gasteiger partial charge in [0.1, 0.15) is 5.54 Å². The number of amides is 2. The second kappa shape index (κ2) is 8.58. The lowest BCUT2D eigenvalue weighted by atomic mass is 9.78. The molecule has 1 atom stereocenters. The molecule has 2 aliphatic heterocycles. The molecule has 0 aromatic heterocycles. The molecule has 8 heteroatoms. The van der Waals surface area contributed by atoms with E-state index in [2.05, 4.69) is 10.2 Å². The van der Waals surface area contributed by atoms with E-state index < -0.39 is 17.3 Å². The Morgan fingerprint density at radius 3 is 2.25 bits per heavy atom. The van der Waals surface area contributed by atoms with Crippen LogP contribution in [0.15, 0.2) is 54.6 Å². The first kappa shape index (κ1) is 22.3. The molecule has 5 nitrogen and oxygen atoms in total. The number of β-lactam (4-membered cyclic amide) rings is 1. The van der Waals surface area contributed by atoms with Gasteiger partial charge in [-0.3, -0.25) is 9.59 Å². The maximum Gasteiger partial charge on any atom is 0.416 e. The molecule has 2 amide bonds. The van der Waals surface area contributed by atoms with E-state index in [9.17, 15) is 22.8 Å². The minimum Gasteiger partial charge on any atom is -0.350 e. The molecule has 2 aromatic carbocycles. The molecule has 0 saturated carbocycles. The molecule has 2 aromatic rings. The van der Waals surface area contributed by atoms with E-state index >= 15 is 0 Å². The molecule has 170 valence electrons. The maximum atomic E-state index is 13.5. The first-order valence-electron chi connectivity index (χ1n) is 10.7. The number of hydrogen-bond donors (Lipinski definition) is 1. The van der Waals surface area contributed by atoms with Crippen LogP contribution in [-0.2, 0) is 22.3 Å². The predicted molar refractivity (Wildman–Crippen MR) is 113 cm³/mol. The molecule has 0 radical (unpaired) electrons. The van der Waals surface area contributed by atoms with Gasteiger partial charge in [0.25, 0.3) is 0 Å². The van der Waals surface area contributed by atoms with Crippen LogP contribution in [-0.4, -0.2) is 47.3 Å². The summed E-state index contributed by atoms with van der Waals surface area (Å²) in [5.41, 5.74) is -0.116. The Labute approximate surface area is 185 Å². The molecule has 2 aliphatic rings. The maximum absolute atomic E-state index is 13.5. The smallest absolute Gasteiger partial charge is 0.350 e. The molecule has 2 heterocycles. The molecular formula is C24H26F3N3O2. The highest BCUT2D eigenvalue weighted by Gasteiger charge is 2.55. The highest BCUT2D eigenvalue weighted by atomic mass is 19.4. The SMILES string of the molecule is CN1CCC(C(=O)NCc2ccc(C(F)(F)F)cc2)(N2C(=O)CC2c2ccccc2)CC1. The van der Waals surface area contributed by atoms with E-state index in [0.717, 1.165) is 17.7 Å². The Hall–Kier alpha value is -2.87. The van der Waals surface area contributed by atoms with Crippen molar-refractivity contribution in [2.45, 2.75) is 43.6 Å². The second-order valence-corrected chi connectivity index (χ2v) is 8.61. The number of rotatable bonds is 5. The summed E-state index contributed by atoms with van der Waals surface area (Å²) in [4.78, 5) is 30.1. The number of benzene rings is 2. The lowest BCUT2D eigenvalue weighted by Gasteiger charge is -2.55. The summed E-state index contributed by atoms with van der Waals surface area (Å²) in [6.45, 7) is 1.46. The van der Waals surface area contributed by atoms with Crippen LogP contribution in [0.25, 0.3) is 0 Å². The topological polar surface area (TPSA) is 52.7 Å². The van der Waals surface area contributed by atoms with Crippen molar-refractivity contribution in [2.75, 3.05) is 20.1 Å². The molecule has 2 saturated heterocycles. The molecule has 4 rings (SSSR count). The van der Waals surface area contributed by atoms with Crippen molar-refractivity contribution in [1.29, 1.82) is 0 Å². The Morgan fingerprint density at radius 2 is 1.69 bits per heavy atom. The van der Waals surface area contributed by atoms with Crippen molar-refractivity contribution in [3.05, 3.63) is 71.3 Å². The molecule has 1 unspecified atom stereocenters. The van der Waals surface area contributed by atoms with Gasteiger partial charge >= 0.3 is 6.18 Å². The van der Waals surface area contributed by atoms with Gasteiger partial charge in [0.2, 0.25) is 11.8 Å². The largest absolute Gasteiger partial charge is 0.416 e. The third-order valence-corrected chi connectivity index (χ3v) is 6.57. The summed E-state index contributed by atoms with van der Waals surface area (Å²) in [5, 5.41) is 2.89. The summed E-state index contributed by atoms with van der Waals surface area (Å²) in [7, 11) is 1.98. The van der Waals surface area contributed by atoms with Gasteiger partial charge in [-0.1, -0.05) is 42.5 Å². The number of hydrogen-bond acceptors (Lipinski definition) is 3.